The third-order valence-electron chi connectivity index (χ3n) is 3.09. The number of aromatic nitrogens is 2. The van der Waals surface area contributed by atoms with Crippen LogP contribution in [0, 0.1) is 0 Å². The first-order chi connectivity index (χ1) is 9.81. The van der Waals surface area contributed by atoms with E-state index >= 15 is 0 Å². The summed E-state index contributed by atoms with van der Waals surface area (Å²) in [6.07, 6.45) is 2.07. The molecule has 0 aliphatic rings. The molecule has 0 saturated heterocycles. The molecule has 0 radical (unpaired) electrons. The Morgan fingerprint density at radius 3 is 2.65 bits per heavy atom. The normalized spacial score (nSPS) is 11.1. The van der Waals surface area contributed by atoms with Crippen LogP contribution in [0.3, 0.4) is 0 Å². The maximum atomic E-state index is 5.90. The van der Waals surface area contributed by atoms with Crippen LogP contribution >= 0.6 is 23.5 Å². The summed E-state index contributed by atoms with van der Waals surface area (Å²) in [5.74, 6) is 0. The fraction of sp³-hybridized carbons (Fsp3) is 0.133. The van der Waals surface area contributed by atoms with Gasteiger partial charge in [-0.1, -0.05) is 30.0 Å². The van der Waals surface area contributed by atoms with Gasteiger partial charge < -0.3 is 10.7 Å². The van der Waals surface area contributed by atoms with Crippen LogP contribution in [0.15, 0.2) is 57.4 Å². The fourth-order valence-electron chi connectivity index (χ4n) is 2.12. The third kappa shape index (κ3) is 2.57. The third-order valence-corrected chi connectivity index (χ3v) is 4.90. The van der Waals surface area contributed by atoms with Crippen LogP contribution in [0.1, 0.15) is 5.56 Å². The van der Waals surface area contributed by atoms with Crippen molar-refractivity contribution in [2.75, 3.05) is 6.26 Å². The Hall–Kier alpha value is -1.43. The van der Waals surface area contributed by atoms with Crippen LogP contribution in [-0.4, -0.2) is 16.2 Å². The zero-order chi connectivity index (χ0) is 13.9. The van der Waals surface area contributed by atoms with Crippen molar-refractivity contribution in [3.05, 3.63) is 48.0 Å². The van der Waals surface area contributed by atoms with Crippen LogP contribution in [0.2, 0.25) is 0 Å². The van der Waals surface area contributed by atoms with Crippen molar-refractivity contribution in [1.82, 2.24) is 9.97 Å². The van der Waals surface area contributed by atoms with E-state index in [9.17, 15) is 0 Å². The number of aromatic amines is 1. The molecule has 0 spiro atoms. The van der Waals surface area contributed by atoms with E-state index in [4.69, 9.17) is 5.73 Å². The lowest BCUT2D eigenvalue weighted by atomic mass is 10.2. The highest BCUT2D eigenvalue weighted by molar-refractivity contribution is 7.99. The van der Waals surface area contributed by atoms with Crippen LogP contribution < -0.4 is 5.73 Å². The SMILES string of the molecule is CSc1cccc(Sc2nc3ccccc3[nH]2)c1CN. The Bertz CT molecular complexity index is 704. The average molecular weight is 301 g/mol. The Labute approximate surface area is 126 Å². The molecule has 3 nitrogen and oxygen atoms in total. The summed E-state index contributed by atoms with van der Waals surface area (Å²) >= 11 is 3.36. The van der Waals surface area contributed by atoms with E-state index in [0.29, 0.717) is 6.54 Å². The highest BCUT2D eigenvalue weighted by Crippen LogP contribution is 2.34. The first-order valence-corrected chi connectivity index (χ1v) is 8.34. The number of hydrogen-bond donors (Lipinski definition) is 2. The molecule has 102 valence electrons. The van der Waals surface area contributed by atoms with Gasteiger partial charge in [0, 0.05) is 16.3 Å². The van der Waals surface area contributed by atoms with E-state index in [1.807, 2.05) is 24.3 Å². The van der Waals surface area contributed by atoms with Crippen molar-refractivity contribution in [2.24, 2.45) is 5.73 Å². The Morgan fingerprint density at radius 1 is 1.10 bits per heavy atom. The molecule has 3 aromatic rings. The lowest BCUT2D eigenvalue weighted by molar-refractivity contribution is 0.975. The molecule has 0 aliphatic heterocycles. The highest BCUT2D eigenvalue weighted by Gasteiger charge is 2.10. The van der Waals surface area contributed by atoms with E-state index in [-0.39, 0.29) is 0 Å². The summed E-state index contributed by atoms with van der Waals surface area (Å²) in [5.41, 5.74) is 9.14. The van der Waals surface area contributed by atoms with Crippen molar-refractivity contribution in [3.8, 4) is 0 Å². The molecule has 20 heavy (non-hydrogen) atoms. The second-order valence-electron chi connectivity index (χ2n) is 4.30. The van der Waals surface area contributed by atoms with Gasteiger partial charge >= 0.3 is 0 Å². The molecule has 0 fully saturated rings. The van der Waals surface area contributed by atoms with Crippen LogP contribution in [0.5, 0.6) is 0 Å². The van der Waals surface area contributed by atoms with E-state index < -0.39 is 0 Å². The number of rotatable bonds is 4. The fourth-order valence-corrected chi connectivity index (χ4v) is 3.81. The number of thioether (sulfide) groups is 1. The minimum Gasteiger partial charge on any atom is -0.333 e. The molecule has 0 saturated carbocycles. The van der Waals surface area contributed by atoms with Gasteiger partial charge in [-0.15, -0.1) is 11.8 Å². The number of nitrogens with two attached hydrogens (primary N) is 1. The van der Waals surface area contributed by atoms with E-state index in [1.165, 1.54) is 15.4 Å². The number of benzene rings is 2. The van der Waals surface area contributed by atoms with Gasteiger partial charge in [-0.05, 0) is 36.1 Å². The van der Waals surface area contributed by atoms with Crippen molar-refractivity contribution in [3.63, 3.8) is 0 Å². The number of para-hydroxylation sites is 2. The maximum absolute atomic E-state index is 5.90. The minimum absolute atomic E-state index is 0.541. The summed E-state index contributed by atoms with van der Waals surface area (Å²) in [5, 5.41) is 0.902. The molecule has 0 aliphatic carbocycles. The smallest absolute Gasteiger partial charge is 0.171 e. The average Bonchev–Trinajstić information content (AvgIpc) is 2.89. The van der Waals surface area contributed by atoms with Crippen molar-refractivity contribution < 1.29 is 0 Å². The first-order valence-electron chi connectivity index (χ1n) is 6.30. The number of fused-ring (bicyclic) bond motifs is 1. The zero-order valence-electron chi connectivity index (χ0n) is 11.1. The van der Waals surface area contributed by atoms with Gasteiger partial charge in [0.25, 0.3) is 0 Å². The van der Waals surface area contributed by atoms with E-state index in [1.54, 1.807) is 23.5 Å². The van der Waals surface area contributed by atoms with Crippen molar-refractivity contribution in [1.29, 1.82) is 0 Å². The summed E-state index contributed by atoms with van der Waals surface area (Å²) in [6, 6.07) is 14.3. The summed E-state index contributed by atoms with van der Waals surface area (Å²) < 4.78 is 0. The largest absolute Gasteiger partial charge is 0.333 e. The van der Waals surface area contributed by atoms with Gasteiger partial charge in [0.05, 0.1) is 11.0 Å². The van der Waals surface area contributed by atoms with Gasteiger partial charge in [0.15, 0.2) is 5.16 Å². The van der Waals surface area contributed by atoms with E-state index in [2.05, 4.69) is 34.4 Å². The molecular weight excluding hydrogens is 286 g/mol. The van der Waals surface area contributed by atoms with Gasteiger partial charge in [-0.3, -0.25) is 0 Å². The quantitative estimate of drug-likeness (QED) is 0.718. The predicted molar refractivity (Wildman–Crippen MR) is 86.3 cm³/mol. The number of H-pyrrole nitrogens is 1. The highest BCUT2D eigenvalue weighted by atomic mass is 32.2. The van der Waals surface area contributed by atoms with E-state index in [0.717, 1.165) is 16.2 Å². The van der Waals surface area contributed by atoms with Gasteiger partial charge in [0.1, 0.15) is 0 Å². The molecule has 1 heterocycles. The van der Waals surface area contributed by atoms with Crippen LogP contribution in [0.4, 0.5) is 0 Å². The number of nitrogens with one attached hydrogen (secondary N) is 1. The van der Waals surface area contributed by atoms with Gasteiger partial charge in [-0.25, -0.2) is 4.98 Å². The second-order valence-corrected chi connectivity index (χ2v) is 6.18. The zero-order valence-corrected chi connectivity index (χ0v) is 12.7. The van der Waals surface area contributed by atoms with Crippen LogP contribution in [0.25, 0.3) is 11.0 Å². The van der Waals surface area contributed by atoms with Gasteiger partial charge in [-0.2, -0.15) is 0 Å². The maximum Gasteiger partial charge on any atom is 0.171 e. The first kappa shape index (κ1) is 13.5. The lowest BCUT2D eigenvalue weighted by Gasteiger charge is -2.09. The Kier molecular flexibility index (Phi) is 4.00. The molecule has 0 unspecified atom stereocenters. The molecule has 3 rings (SSSR count). The molecule has 0 bridgehead atoms. The molecule has 0 atom stereocenters. The number of hydrogen-bond acceptors (Lipinski definition) is 4. The summed E-state index contributed by atoms with van der Waals surface area (Å²) in [4.78, 5) is 10.3. The van der Waals surface area contributed by atoms with Crippen LogP contribution in [-0.2, 0) is 6.54 Å². The Balaban J connectivity index is 1.98. The minimum atomic E-state index is 0.541. The summed E-state index contributed by atoms with van der Waals surface area (Å²) in [6.45, 7) is 0.541. The summed E-state index contributed by atoms with van der Waals surface area (Å²) in [7, 11) is 0. The van der Waals surface area contributed by atoms with Crippen molar-refractivity contribution in [2.45, 2.75) is 21.5 Å². The molecule has 2 aromatic carbocycles. The Morgan fingerprint density at radius 2 is 1.90 bits per heavy atom. The molecule has 0 amide bonds. The van der Waals surface area contributed by atoms with Crippen molar-refractivity contribution >= 4 is 34.6 Å². The monoisotopic (exact) mass is 301 g/mol. The predicted octanol–water partition coefficient (Wildman–Crippen LogP) is 3.89. The molecule has 1 aromatic heterocycles. The topological polar surface area (TPSA) is 54.7 Å². The standard InChI is InChI=1S/C15H15N3S2/c1-19-13-7-4-8-14(10(13)9-16)20-15-17-11-5-2-3-6-12(11)18-15/h2-8H,9,16H2,1H3,(H,17,18). The molecular formula is C15H15N3S2. The number of nitrogens with zero attached hydrogens (tertiary/aromatic N) is 1. The van der Waals surface area contributed by atoms with Gasteiger partial charge in [0.2, 0.25) is 0 Å². The molecule has 5 heteroatoms. The lowest BCUT2D eigenvalue weighted by Crippen LogP contribution is -2.00. The second kappa shape index (κ2) is 5.91. The number of imidazole rings is 1. The molecule has 3 N–H and O–H groups in total.